The summed E-state index contributed by atoms with van der Waals surface area (Å²) in [7, 11) is 3.88. The summed E-state index contributed by atoms with van der Waals surface area (Å²) in [4.78, 5) is 1.96. The lowest BCUT2D eigenvalue weighted by Gasteiger charge is -2.14. The molecule has 0 radical (unpaired) electrons. The molecule has 0 fully saturated rings. The topological polar surface area (TPSA) is 49.2 Å². The second-order valence-electron chi connectivity index (χ2n) is 2.73. The lowest BCUT2D eigenvalue weighted by Crippen LogP contribution is -2.13. The number of anilines is 1. The SMILES string of the molecule is CN(C)c1ccnnc1CCO. The minimum atomic E-state index is 0.111. The molecule has 0 amide bonds. The van der Waals surface area contributed by atoms with E-state index in [-0.39, 0.29) is 6.61 Å². The molecular weight excluding hydrogens is 154 g/mol. The van der Waals surface area contributed by atoms with E-state index in [1.54, 1.807) is 6.20 Å². The quantitative estimate of drug-likeness (QED) is 0.692. The normalized spacial score (nSPS) is 9.92. The first-order chi connectivity index (χ1) is 5.75. The van der Waals surface area contributed by atoms with E-state index in [1.165, 1.54) is 0 Å². The zero-order valence-corrected chi connectivity index (χ0v) is 7.36. The van der Waals surface area contributed by atoms with Crippen LogP contribution in [0, 0.1) is 0 Å². The van der Waals surface area contributed by atoms with Crippen molar-refractivity contribution in [1.29, 1.82) is 0 Å². The van der Waals surface area contributed by atoms with E-state index < -0.39 is 0 Å². The smallest absolute Gasteiger partial charge is 0.0886 e. The summed E-state index contributed by atoms with van der Waals surface area (Å²) >= 11 is 0. The van der Waals surface area contributed by atoms with E-state index in [4.69, 9.17) is 5.11 Å². The minimum Gasteiger partial charge on any atom is -0.396 e. The first-order valence-electron chi connectivity index (χ1n) is 3.84. The zero-order valence-electron chi connectivity index (χ0n) is 7.36. The molecule has 1 aromatic rings. The molecule has 66 valence electrons. The summed E-state index contributed by atoms with van der Waals surface area (Å²) < 4.78 is 0. The summed E-state index contributed by atoms with van der Waals surface area (Å²) in [6, 6.07) is 1.89. The van der Waals surface area contributed by atoms with Gasteiger partial charge in [-0.25, -0.2) is 0 Å². The van der Waals surface area contributed by atoms with Crippen LogP contribution >= 0.6 is 0 Å². The molecule has 0 spiro atoms. The van der Waals surface area contributed by atoms with Crippen molar-refractivity contribution >= 4 is 5.69 Å². The summed E-state index contributed by atoms with van der Waals surface area (Å²) in [5, 5.41) is 16.4. The Hall–Kier alpha value is -1.16. The van der Waals surface area contributed by atoms with Gasteiger partial charge in [0, 0.05) is 27.1 Å². The van der Waals surface area contributed by atoms with Gasteiger partial charge in [-0.3, -0.25) is 0 Å². The predicted octanol–water partition coefficient (Wildman–Crippen LogP) is 0.0774. The van der Waals surface area contributed by atoms with Crippen LogP contribution in [0.1, 0.15) is 5.69 Å². The third-order valence-corrected chi connectivity index (χ3v) is 1.60. The molecule has 0 atom stereocenters. The van der Waals surface area contributed by atoms with Crippen LogP contribution in [0.5, 0.6) is 0 Å². The van der Waals surface area contributed by atoms with Gasteiger partial charge in [0.05, 0.1) is 17.6 Å². The average molecular weight is 167 g/mol. The Labute approximate surface area is 71.9 Å². The number of nitrogens with zero attached hydrogens (tertiary/aromatic N) is 3. The molecule has 0 aromatic carbocycles. The lowest BCUT2D eigenvalue weighted by atomic mass is 10.2. The predicted molar refractivity (Wildman–Crippen MR) is 47.1 cm³/mol. The van der Waals surface area contributed by atoms with Gasteiger partial charge in [-0.15, -0.1) is 0 Å². The molecule has 0 saturated heterocycles. The fourth-order valence-electron chi connectivity index (χ4n) is 1.05. The molecule has 1 aromatic heterocycles. The molecule has 0 saturated carbocycles. The zero-order chi connectivity index (χ0) is 8.97. The molecule has 4 nitrogen and oxygen atoms in total. The number of aliphatic hydroxyl groups is 1. The van der Waals surface area contributed by atoms with Crippen molar-refractivity contribution in [2.75, 3.05) is 25.6 Å². The number of aromatic nitrogens is 2. The monoisotopic (exact) mass is 167 g/mol. The second-order valence-corrected chi connectivity index (χ2v) is 2.73. The van der Waals surface area contributed by atoms with Crippen LogP contribution in [0.15, 0.2) is 12.3 Å². The largest absolute Gasteiger partial charge is 0.396 e. The van der Waals surface area contributed by atoms with Crippen molar-refractivity contribution in [2.45, 2.75) is 6.42 Å². The highest BCUT2D eigenvalue weighted by molar-refractivity contribution is 5.47. The first-order valence-corrected chi connectivity index (χ1v) is 3.84. The van der Waals surface area contributed by atoms with Crippen LogP contribution in [0.2, 0.25) is 0 Å². The maximum atomic E-state index is 8.74. The number of hydrogen-bond acceptors (Lipinski definition) is 4. The maximum absolute atomic E-state index is 8.74. The van der Waals surface area contributed by atoms with Crippen LogP contribution in [0.4, 0.5) is 5.69 Å². The van der Waals surface area contributed by atoms with Crippen LogP contribution in [-0.2, 0) is 6.42 Å². The van der Waals surface area contributed by atoms with Gasteiger partial charge in [-0.2, -0.15) is 10.2 Å². The summed E-state index contributed by atoms with van der Waals surface area (Å²) in [6.07, 6.45) is 2.21. The molecule has 1 heterocycles. The van der Waals surface area contributed by atoms with Crippen molar-refractivity contribution in [2.24, 2.45) is 0 Å². The van der Waals surface area contributed by atoms with E-state index in [2.05, 4.69) is 10.2 Å². The molecule has 4 heteroatoms. The van der Waals surface area contributed by atoms with Crippen LogP contribution in [-0.4, -0.2) is 36.0 Å². The molecule has 1 rings (SSSR count). The highest BCUT2D eigenvalue weighted by Crippen LogP contribution is 2.13. The standard InChI is InChI=1S/C8H13N3O/c1-11(2)8-3-5-9-10-7(8)4-6-12/h3,5,12H,4,6H2,1-2H3. The Morgan fingerprint density at radius 1 is 1.50 bits per heavy atom. The van der Waals surface area contributed by atoms with Crippen molar-refractivity contribution in [3.63, 3.8) is 0 Å². The van der Waals surface area contributed by atoms with Crippen LogP contribution < -0.4 is 4.90 Å². The average Bonchev–Trinajstić information content (AvgIpc) is 2.05. The summed E-state index contributed by atoms with van der Waals surface area (Å²) in [5.74, 6) is 0. The fraction of sp³-hybridized carbons (Fsp3) is 0.500. The number of aliphatic hydroxyl groups excluding tert-OH is 1. The van der Waals surface area contributed by atoms with Gasteiger partial charge < -0.3 is 10.0 Å². The highest BCUT2D eigenvalue weighted by atomic mass is 16.3. The second kappa shape index (κ2) is 4.01. The number of rotatable bonds is 3. The van der Waals surface area contributed by atoms with Crippen molar-refractivity contribution in [3.8, 4) is 0 Å². The van der Waals surface area contributed by atoms with Gasteiger partial charge in [-0.1, -0.05) is 0 Å². The molecular formula is C8H13N3O. The molecule has 1 N–H and O–H groups in total. The van der Waals surface area contributed by atoms with E-state index in [0.29, 0.717) is 6.42 Å². The van der Waals surface area contributed by atoms with Crippen molar-refractivity contribution < 1.29 is 5.11 Å². The highest BCUT2D eigenvalue weighted by Gasteiger charge is 2.04. The molecule has 0 aliphatic heterocycles. The van der Waals surface area contributed by atoms with Crippen LogP contribution in [0.25, 0.3) is 0 Å². The Morgan fingerprint density at radius 3 is 2.83 bits per heavy atom. The molecule has 0 aliphatic rings. The van der Waals surface area contributed by atoms with Gasteiger partial charge in [-0.05, 0) is 6.07 Å². The van der Waals surface area contributed by atoms with E-state index in [1.807, 2.05) is 25.1 Å². The Balaban J connectivity index is 2.92. The van der Waals surface area contributed by atoms with Gasteiger partial charge in [0.15, 0.2) is 0 Å². The van der Waals surface area contributed by atoms with E-state index in [9.17, 15) is 0 Å². The molecule has 0 bridgehead atoms. The third-order valence-electron chi connectivity index (χ3n) is 1.60. The Kier molecular flexibility index (Phi) is 2.99. The summed E-state index contributed by atoms with van der Waals surface area (Å²) in [5.41, 5.74) is 1.85. The maximum Gasteiger partial charge on any atom is 0.0886 e. The van der Waals surface area contributed by atoms with Crippen molar-refractivity contribution in [1.82, 2.24) is 10.2 Å². The van der Waals surface area contributed by atoms with Gasteiger partial charge in [0.1, 0.15) is 0 Å². The van der Waals surface area contributed by atoms with Gasteiger partial charge in [0.2, 0.25) is 0 Å². The van der Waals surface area contributed by atoms with Crippen molar-refractivity contribution in [3.05, 3.63) is 18.0 Å². The third kappa shape index (κ3) is 1.92. The Morgan fingerprint density at radius 2 is 2.25 bits per heavy atom. The van der Waals surface area contributed by atoms with Gasteiger partial charge >= 0.3 is 0 Å². The Bertz CT molecular complexity index is 250. The molecule has 12 heavy (non-hydrogen) atoms. The minimum absolute atomic E-state index is 0.111. The fourth-order valence-corrected chi connectivity index (χ4v) is 1.05. The van der Waals surface area contributed by atoms with E-state index in [0.717, 1.165) is 11.4 Å². The molecule has 0 aliphatic carbocycles. The first kappa shape index (κ1) is 8.93. The van der Waals surface area contributed by atoms with Gasteiger partial charge in [0.25, 0.3) is 0 Å². The van der Waals surface area contributed by atoms with Crippen LogP contribution in [0.3, 0.4) is 0 Å². The molecule has 0 unspecified atom stereocenters. The number of hydrogen-bond donors (Lipinski definition) is 1. The summed E-state index contributed by atoms with van der Waals surface area (Å²) in [6.45, 7) is 0.111. The lowest BCUT2D eigenvalue weighted by molar-refractivity contribution is 0.298. The van der Waals surface area contributed by atoms with E-state index >= 15 is 0 Å².